The van der Waals surface area contributed by atoms with Gasteiger partial charge in [-0.2, -0.15) is 5.26 Å². The van der Waals surface area contributed by atoms with Crippen molar-refractivity contribution in [3.8, 4) is 28.3 Å². The SMILES string of the molecule is N#Cc1ccc2ccc(-c3ccc(N(c4ccc(-c5ccc6ccccc6c5)cc4)c4ccc5c(c4)oc4cc6cccnc6cc45)cc3)cc2c1. The van der Waals surface area contributed by atoms with Crippen LogP contribution in [-0.2, 0) is 0 Å². The molecule has 0 unspecified atom stereocenters. The molecule has 0 aliphatic carbocycles. The van der Waals surface area contributed by atoms with E-state index in [4.69, 9.17) is 4.42 Å². The molecule has 0 atom stereocenters. The lowest BCUT2D eigenvalue weighted by Crippen LogP contribution is -2.09. The summed E-state index contributed by atoms with van der Waals surface area (Å²) in [7, 11) is 0. The molecule has 0 aliphatic heterocycles. The second kappa shape index (κ2) is 12.0. The van der Waals surface area contributed by atoms with Crippen molar-refractivity contribution in [3.05, 3.63) is 182 Å². The smallest absolute Gasteiger partial charge is 0.137 e. The molecular formula is C48H29N3O. The van der Waals surface area contributed by atoms with E-state index in [9.17, 15) is 5.26 Å². The van der Waals surface area contributed by atoms with Gasteiger partial charge in [-0.15, -0.1) is 0 Å². The number of nitriles is 1. The lowest BCUT2D eigenvalue weighted by molar-refractivity contribution is 0.669. The third-order valence-corrected chi connectivity index (χ3v) is 10.1. The molecule has 0 amide bonds. The average Bonchev–Trinajstić information content (AvgIpc) is 3.56. The van der Waals surface area contributed by atoms with Crippen LogP contribution in [0.5, 0.6) is 0 Å². The molecule has 0 saturated heterocycles. The van der Waals surface area contributed by atoms with Crippen LogP contribution in [0.25, 0.3) is 76.6 Å². The van der Waals surface area contributed by atoms with Crippen LogP contribution in [0.2, 0.25) is 0 Å². The molecule has 2 aromatic heterocycles. The van der Waals surface area contributed by atoms with Crippen molar-refractivity contribution in [1.29, 1.82) is 5.26 Å². The minimum atomic E-state index is 0.661. The van der Waals surface area contributed by atoms with Gasteiger partial charge >= 0.3 is 0 Å². The van der Waals surface area contributed by atoms with Crippen molar-refractivity contribution >= 4 is 71.4 Å². The first-order valence-electron chi connectivity index (χ1n) is 17.3. The van der Waals surface area contributed by atoms with E-state index in [0.29, 0.717) is 5.56 Å². The first kappa shape index (κ1) is 29.7. The number of hydrogen-bond donors (Lipinski definition) is 0. The number of anilines is 3. The van der Waals surface area contributed by atoms with E-state index in [2.05, 4.69) is 162 Å². The summed E-state index contributed by atoms with van der Waals surface area (Å²) in [5.74, 6) is 0. The lowest BCUT2D eigenvalue weighted by Gasteiger charge is -2.26. The van der Waals surface area contributed by atoms with Crippen LogP contribution < -0.4 is 4.90 Å². The summed E-state index contributed by atoms with van der Waals surface area (Å²) in [4.78, 5) is 6.85. The van der Waals surface area contributed by atoms with Gasteiger partial charge in [-0.1, -0.05) is 84.9 Å². The Bertz CT molecular complexity index is 3030. The van der Waals surface area contributed by atoms with Crippen molar-refractivity contribution in [2.45, 2.75) is 0 Å². The Kier molecular flexibility index (Phi) is 6.84. The van der Waals surface area contributed by atoms with Gasteiger partial charge in [0.05, 0.1) is 17.1 Å². The number of furan rings is 1. The highest BCUT2D eigenvalue weighted by atomic mass is 16.3. The van der Waals surface area contributed by atoms with Crippen LogP contribution in [0, 0.1) is 11.3 Å². The summed E-state index contributed by atoms with van der Waals surface area (Å²) in [6.07, 6.45) is 1.83. The molecule has 10 rings (SSSR count). The minimum Gasteiger partial charge on any atom is -0.456 e. The van der Waals surface area contributed by atoms with Gasteiger partial charge in [-0.3, -0.25) is 4.98 Å². The topological polar surface area (TPSA) is 53.1 Å². The van der Waals surface area contributed by atoms with Gasteiger partial charge in [0, 0.05) is 45.5 Å². The second-order valence-electron chi connectivity index (χ2n) is 13.2. The molecule has 8 aromatic carbocycles. The zero-order valence-electron chi connectivity index (χ0n) is 28.0. The van der Waals surface area contributed by atoms with Crippen molar-refractivity contribution in [3.63, 3.8) is 0 Å². The van der Waals surface area contributed by atoms with Gasteiger partial charge in [0.2, 0.25) is 0 Å². The maximum Gasteiger partial charge on any atom is 0.137 e. The number of fused-ring (bicyclic) bond motifs is 6. The summed E-state index contributed by atoms with van der Waals surface area (Å²) < 4.78 is 6.49. The molecule has 2 heterocycles. The Morgan fingerprint density at radius 1 is 0.442 bits per heavy atom. The van der Waals surface area contributed by atoms with E-state index in [-0.39, 0.29) is 0 Å². The predicted octanol–water partition coefficient (Wildman–Crippen LogP) is 13.1. The zero-order chi connectivity index (χ0) is 34.6. The van der Waals surface area contributed by atoms with Gasteiger partial charge < -0.3 is 9.32 Å². The van der Waals surface area contributed by atoms with Crippen LogP contribution in [-0.4, -0.2) is 4.98 Å². The Morgan fingerprint density at radius 2 is 1.04 bits per heavy atom. The van der Waals surface area contributed by atoms with E-state index < -0.39 is 0 Å². The molecule has 52 heavy (non-hydrogen) atoms. The summed E-state index contributed by atoms with van der Waals surface area (Å²) >= 11 is 0. The predicted molar refractivity (Wildman–Crippen MR) is 214 cm³/mol. The van der Waals surface area contributed by atoms with Gasteiger partial charge in [-0.25, -0.2) is 0 Å². The van der Waals surface area contributed by atoms with Gasteiger partial charge in [0.15, 0.2) is 0 Å². The molecule has 4 heteroatoms. The molecule has 10 aromatic rings. The van der Waals surface area contributed by atoms with Gasteiger partial charge in [0.25, 0.3) is 0 Å². The van der Waals surface area contributed by atoms with Crippen molar-refractivity contribution in [2.75, 3.05) is 4.90 Å². The molecule has 0 bridgehead atoms. The molecule has 242 valence electrons. The zero-order valence-corrected chi connectivity index (χ0v) is 28.0. The lowest BCUT2D eigenvalue weighted by atomic mass is 9.99. The van der Waals surface area contributed by atoms with Gasteiger partial charge in [-0.05, 0) is 123 Å². The standard InChI is InChI=1S/C48H29N3O/c49-30-31-7-8-35-10-12-38(26-40(35)24-31)34-15-19-42(20-16-34)51(41-17-13-33(14-18-41)37-11-9-32-4-1-2-5-36(32)25-37)43-21-22-44-45-29-46-39(6-3-23-50-46)27-47(45)52-48(44)28-43/h1-29H. The Labute approximate surface area is 300 Å². The minimum absolute atomic E-state index is 0.661. The van der Waals surface area contributed by atoms with Crippen LogP contribution in [0.3, 0.4) is 0 Å². The maximum atomic E-state index is 9.44. The molecule has 0 saturated carbocycles. The summed E-state index contributed by atoms with van der Waals surface area (Å²) in [5.41, 5.74) is 10.9. The summed E-state index contributed by atoms with van der Waals surface area (Å²) in [5, 5.41) is 17.2. The number of hydrogen-bond acceptors (Lipinski definition) is 4. The van der Waals surface area contributed by atoms with E-state index in [1.165, 1.54) is 16.3 Å². The van der Waals surface area contributed by atoms with Crippen LogP contribution in [0.1, 0.15) is 5.56 Å². The molecule has 0 fully saturated rings. The van der Waals surface area contributed by atoms with E-state index in [1.807, 2.05) is 30.5 Å². The molecule has 0 spiro atoms. The number of aromatic nitrogens is 1. The molecule has 0 N–H and O–H groups in total. The first-order valence-corrected chi connectivity index (χ1v) is 17.3. The van der Waals surface area contributed by atoms with Crippen molar-refractivity contribution < 1.29 is 4.42 Å². The molecule has 0 aliphatic rings. The maximum absolute atomic E-state index is 9.44. The number of benzene rings is 8. The number of rotatable bonds is 5. The van der Waals surface area contributed by atoms with Gasteiger partial charge in [0.1, 0.15) is 11.2 Å². The fourth-order valence-electron chi connectivity index (χ4n) is 7.39. The van der Waals surface area contributed by atoms with E-state index >= 15 is 0 Å². The van der Waals surface area contributed by atoms with Crippen molar-refractivity contribution in [2.24, 2.45) is 0 Å². The van der Waals surface area contributed by atoms with Crippen molar-refractivity contribution in [1.82, 2.24) is 4.98 Å². The largest absolute Gasteiger partial charge is 0.456 e. The Morgan fingerprint density at radius 3 is 1.77 bits per heavy atom. The molecule has 0 radical (unpaired) electrons. The highest BCUT2D eigenvalue weighted by Gasteiger charge is 2.17. The Hall–Kier alpha value is -7.22. The third kappa shape index (κ3) is 5.12. The third-order valence-electron chi connectivity index (χ3n) is 10.1. The highest BCUT2D eigenvalue weighted by Crippen LogP contribution is 2.40. The molecular weight excluding hydrogens is 635 g/mol. The molecule has 4 nitrogen and oxygen atoms in total. The summed E-state index contributed by atoms with van der Waals surface area (Å²) in [6.45, 7) is 0. The Balaban J connectivity index is 1.07. The summed E-state index contributed by atoms with van der Waals surface area (Å²) in [6, 6.07) is 61.7. The number of pyridine rings is 1. The first-order chi connectivity index (χ1) is 25.7. The normalized spacial score (nSPS) is 11.4. The highest BCUT2D eigenvalue weighted by molar-refractivity contribution is 6.10. The fraction of sp³-hybridized carbons (Fsp3) is 0. The fourth-order valence-corrected chi connectivity index (χ4v) is 7.39. The second-order valence-corrected chi connectivity index (χ2v) is 13.2. The average molecular weight is 664 g/mol. The monoisotopic (exact) mass is 663 g/mol. The van der Waals surface area contributed by atoms with E-state index in [0.717, 1.165) is 77.4 Å². The van der Waals surface area contributed by atoms with Crippen LogP contribution in [0.4, 0.5) is 17.1 Å². The van der Waals surface area contributed by atoms with Crippen LogP contribution in [0.15, 0.2) is 180 Å². The number of nitrogens with zero attached hydrogens (tertiary/aromatic N) is 3. The quantitative estimate of drug-likeness (QED) is 0.184. The van der Waals surface area contributed by atoms with Crippen LogP contribution >= 0.6 is 0 Å². The van der Waals surface area contributed by atoms with E-state index in [1.54, 1.807) is 0 Å².